The van der Waals surface area contributed by atoms with Gasteiger partial charge in [-0.3, -0.25) is 0 Å². The largest absolute Gasteiger partial charge is 0.380 e. The number of hydrogen-bond donors (Lipinski definition) is 1. The van der Waals surface area contributed by atoms with E-state index in [1.54, 1.807) is 6.20 Å². The highest BCUT2D eigenvalue weighted by Crippen LogP contribution is 2.25. The molecule has 0 saturated heterocycles. The van der Waals surface area contributed by atoms with Crippen LogP contribution in [0.15, 0.2) is 12.3 Å². The molecule has 0 unspecified atom stereocenters. The van der Waals surface area contributed by atoms with Gasteiger partial charge in [0.15, 0.2) is 5.15 Å². The van der Waals surface area contributed by atoms with Crippen LogP contribution < -0.4 is 5.32 Å². The number of halogens is 1. The molecule has 2 nitrogen and oxygen atoms in total. The molecule has 1 aromatic heterocycles. The van der Waals surface area contributed by atoms with Crippen molar-refractivity contribution in [1.82, 2.24) is 4.98 Å². The summed E-state index contributed by atoms with van der Waals surface area (Å²) in [5.74, 6) is 0. The molecule has 1 aliphatic carbocycles. The Bertz CT molecular complexity index is 344. The summed E-state index contributed by atoms with van der Waals surface area (Å²) in [7, 11) is 0. The van der Waals surface area contributed by atoms with Crippen LogP contribution in [0.25, 0.3) is 0 Å². The summed E-state index contributed by atoms with van der Waals surface area (Å²) in [6.07, 6.45) is 9.72. The molecule has 3 heteroatoms. The average molecular weight is 239 g/mol. The zero-order chi connectivity index (χ0) is 11.4. The van der Waals surface area contributed by atoms with E-state index in [1.807, 2.05) is 6.92 Å². The van der Waals surface area contributed by atoms with Crippen LogP contribution in [0.1, 0.15) is 44.1 Å². The van der Waals surface area contributed by atoms with Crippen molar-refractivity contribution in [3.63, 3.8) is 0 Å². The molecule has 0 spiro atoms. The third-order valence-electron chi connectivity index (χ3n) is 3.19. The molecule has 0 radical (unpaired) electrons. The van der Waals surface area contributed by atoms with Gasteiger partial charge in [-0.1, -0.05) is 37.3 Å². The summed E-state index contributed by atoms with van der Waals surface area (Å²) in [5.41, 5.74) is 2.15. The van der Waals surface area contributed by atoms with Crippen molar-refractivity contribution in [1.29, 1.82) is 0 Å². The first-order valence-corrected chi connectivity index (χ1v) is 6.52. The molecule has 16 heavy (non-hydrogen) atoms. The molecule has 0 bridgehead atoms. The first kappa shape index (κ1) is 11.7. The normalized spacial score (nSPS) is 18.1. The highest BCUT2D eigenvalue weighted by molar-refractivity contribution is 6.31. The third-order valence-corrected chi connectivity index (χ3v) is 3.49. The van der Waals surface area contributed by atoms with E-state index in [9.17, 15) is 0 Å². The molecule has 0 aliphatic heterocycles. The van der Waals surface area contributed by atoms with Gasteiger partial charge in [-0.25, -0.2) is 4.98 Å². The van der Waals surface area contributed by atoms with E-state index in [-0.39, 0.29) is 0 Å². The molecule has 1 saturated carbocycles. The van der Waals surface area contributed by atoms with Gasteiger partial charge in [0.25, 0.3) is 0 Å². The van der Waals surface area contributed by atoms with Crippen LogP contribution >= 0.6 is 11.6 Å². The van der Waals surface area contributed by atoms with Crippen molar-refractivity contribution >= 4 is 17.3 Å². The lowest BCUT2D eigenvalue weighted by molar-refractivity contribution is 0.620. The highest BCUT2D eigenvalue weighted by Gasteiger charge is 2.13. The number of nitrogens with zero attached hydrogens (tertiary/aromatic N) is 1. The second-order valence-electron chi connectivity index (χ2n) is 4.68. The van der Waals surface area contributed by atoms with Gasteiger partial charge in [0.2, 0.25) is 0 Å². The highest BCUT2D eigenvalue weighted by atomic mass is 35.5. The minimum atomic E-state index is 0.573. The van der Waals surface area contributed by atoms with Crippen LogP contribution in [0.4, 0.5) is 5.69 Å². The number of nitrogens with one attached hydrogen (secondary N) is 1. The van der Waals surface area contributed by atoms with Gasteiger partial charge in [-0.05, 0) is 31.4 Å². The van der Waals surface area contributed by atoms with Gasteiger partial charge in [-0.2, -0.15) is 0 Å². The summed E-state index contributed by atoms with van der Waals surface area (Å²) < 4.78 is 0. The van der Waals surface area contributed by atoms with Crippen LogP contribution in [-0.4, -0.2) is 11.0 Å². The maximum Gasteiger partial charge on any atom is 0.152 e. The van der Waals surface area contributed by atoms with Gasteiger partial charge in [-0.15, -0.1) is 0 Å². The van der Waals surface area contributed by atoms with Gasteiger partial charge in [0, 0.05) is 12.2 Å². The van der Waals surface area contributed by atoms with E-state index in [0.29, 0.717) is 11.2 Å². The van der Waals surface area contributed by atoms with Crippen LogP contribution in [0.5, 0.6) is 0 Å². The Morgan fingerprint density at radius 1 is 1.25 bits per heavy atom. The SMILES string of the molecule is Cc1cnc(Cl)c(NC2CCCCCC2)c1. The quantitative estimate of drug-likeness (QED) is 0.618. The molecule has 0 aromatic carbocycles. The Kier molecular flexibility index (Phi) is 4.05. The minimum absolute atomic E-state index is 0.573. The molecule has 0 atom stereocenters. The standard InChI is InChI=1S/C13H19ClN2/c1-10-8-12(13(14)15-9-10)16-11-6-4-2-3-5-7-11/h8-9,11,16H,2-7H2,1H3. The summed E-state index contributed by atoms with van der Waals surface area (Å²) in [5, 5.41) is 4.13. The number of pyridine rings is 1. The fourth-order valence-electron chi connectivity index (χ4n) is 2.30. The summed E-state index contributed by atoms with van der Waals surface area (Å²) in [6, 6.07) is 2.66. The average Bonchev–Trinajstić information content (AvgIpc) is 2.52. The molecule has 1 N–H and O–H groups in total. The lowest BCUT2D eigenvalue weighted by Crippen LogP contribution is -2.18. The molecule has 88 valence electrons. The molecule has 2 rings (SSSR count). The Balaban J connectivity index is 2.04. The number of anilines is 1. The number of rotatable bonds is 2. The molecular formula is C13H19ClN2. The molecular weight excluding hydrogens is 220 g/mol. The van der Waals surface area contributed by atoms with E-state index >= 15 is 0 Å². The van der Waals surface area contributed by atoms with E-state index in [2.05, 4.69) is 16.4 Å². The Hall–Kier alpha value is -0.760. The minimum Gasteiger partial charge on any atom is -0.380 e. The third kappa shape index (κ3) is 3.11. The zero-order valence-electron chi connectivity index (χ0n) is 9.80. The molecule has 1 aromatic rings. The first-order chi connectivity index (χ1) is 7.75. The lowest BCUT2D eigenvalue weighted by Gasteiger charge is -2.18. The van der Waals surface area contributed by atoms with Crippen LogP contribution in [0.2, 0.25) is 5.15 Å². The van der Waals surface area contributed by atoms with Crippen molar-refractivity contribution in [2.45, 2.75) is 51.5 Å². The smallest absolute Gasteiger partial charge is 0.152 e. The molecule has 1 heterocycles. The topological polar surface area (TPSA) is 24.9 Å². The maximum atomic E-state index is 6.08. The van der Waals surface area contributed by atoms with Crippen LogP contribution in [-0.2, 0) is 0 Å². The maximum absolute atomic E-state index is 6.08. The van der Waals surface area contributed by atoms with Crippen molar-refractivity contribution in [3.05, 3.63) is 23.0 Å². The number of aryl methyl sites for hydroxylation is 1. The fourth-order valence-corrected chi connectivity index (χ4v) is 2.46. The van der Waals surface area contributed by atoms with Gasteiger partial charge >= 0.3 is 0 Å². The van der Waals surface area contributed by atoms with Gasteiger partial charge in [0.1, 0.15) is 0 Å². The van der Waals surface area contributed by atoms with E-state index in [0.717, 1.165) is 11.3 Å². The Morgan fingerprint density at radius 2 is 1.94 bits per heavy atom. The lowest BCUT2D eigenvalue weighted by atomic mass is 10.1. The van der Waals surface area contributed by atoms with Crippen LogP contribution in [0.3, 0.4) is 0 Å². The summed E-state index contributed by atoms with van der Waals surface area (Å²) in [6.45, 7) is 2.04. The number of aromatic nitrogens is 1. The summed E-state index contributed by atoms with van der Waals surface area (Å²) in [4.78, 5) is 4.17. The predicted octanol–water partition coefficient (Wildman–Crippen LogP) is 4.18. The second kappa shape index (κ2) is 5.53. The van der Waals surface area contributed by atoms with E-state index < -0.39 is 0 Å². The zero-order valence-corrected chi connectivity index (χ0v) is 10.6. The first-order valence-electron chi connectivity index (χ1n) is 6.14. The van der Waals surface area contributed by atoms with E-state index in [1.165, 1.54) is 38.5 Å². The van der Waals surface area contributed by atoms with Crippen molar-refractivity contribution in [2.75, 3.05) is 5.32 Å². The van der Waals surface area contributed by atoms with Crippen LogP contribution in [0, 0.1) is 6.92 Å². The fraction of sp³-hybridized carbons (Fsp3) is 0.615. The monoisotopic (exact) mass is 238 g/mol. The number of hydrogen-bond acceptors (Lipinski definition) is 2. The summed E-state index contributed by atoms with van der Waals surface area (Å²) >= 11 is 6.08. The van der Waals surface area contributed by atoms with Crippen molar-refractivity contribution in [3.8, 4) is 0 Å². The molecule has 1 aliphatic rings. The molecule has 0 amide bonds. The Morgan fingerprint density at radius 3 is 2.62 bits per heavy atom. The van der Waals surface area contributed by atoms with Gasteiger partial charge < -0.3 is 5.32 Å². The van der Waals surface area contributed by atoms with Gasteiger partial charge in [0.05, 0.1) is 5.69 Å². The molecule has 1 fully saturated rings. The van der Waals surface area contributed by atoms with Crippen molar-refractivity contribution < 1.29 is 0 Å². The Labute approximate surface area is 102 Å². The van der Waals surface area contributed by atoms with E-state index in [4.69, 9.17) is 11.6 Å². The van der Waals surface area contributed by atoms with Crippen molar-refractivity contribution in [2.24, 2.45) is 0 Å². The predicted molar refractivity (Wildman–Crippen MR) is 69.1 cm³/mol. The second-order valence-corrected chi connectivity index (χ2v) is 5.04.